The van der Waals surface area contributed by atoms with E-state index in [1.165, 1.54) is 12.9 Å². The molecule has 2 heterocycles. The molecule has 0 aliphatic heterocycles. The first-order valence-corrected chi connectivity index (χ1v) is 5.90. The van der Waals surface area contributed by atoms with Crippen LogP contribution in [0.4, 0.5) is 0 Å². The number of hydrogen-bond donors (Lipinski definition) is 0. The minimum Gasteiger partial charge on any atom is -0.339 e. The highest BCUT2D eigenvalue weighted by Crippen LogP contribution is 2.08. The van der Waals surface area contributed by atoms with E-state index in [1.54, 1.807) is 12.1 Å². The fraction of sp³-hybridized carbons (Fsp3) is 0.143. The molecular weight excluding hydrogens is 219 g/mol. The summed E-state index contributed by atoms with van der Waals surface area (Å²) in [5.41, 5.74) is -0.0605. The largest absolute Gasteiger partial charge is 0.339 e. The zero-order chi connectivity index (χ0) is 10.8. The fourth-order valence-corrected chi connectivity index (χ4v) is 1.41. The van der Waals surface area contributed by atoms with Crippen LogP contribution in [0, 0.1) is 0 Å². The van der Waals surface area contributed by atoms with Crippen molar-refractivity contribution >= 4 is 19.1 Å². The average molecular weight is 226 g/mol. The number of aromatic nitrogens is 4. The van der Waals surface area contributed by atoms with Crippen molar-refractivity contribution in [3.8, 4) is 0 Å². The molecule has 0 saturated carbocycles. The quantitative estimate of drug-likeness (QED) is 0.654. The van der Waals surface area contributed by atoms with Crippen molar-refractivity contribution in [2.75, 3.05) is 6.66 Å². The molecule has 0 fully saturated rings. The molecule has 0 bridgehead atoms. The highest BCUT2D eigenvalue weighted by Gasteiger charge is 2.07. The van der Waals surface area contributed by atoms with Crippen molar-refractivity contribution in [1.82, 2.24) is 20.1 Å². The Labute approximate surface area is 84.5 Å². The van der Waals surface area contributed by atoms with Crippen molar-refractivity contribution in [3.63, 3.8) is 0 Å². The van der Waals surface area contributed by atoms with Crippen LogP contribution in [-0.2, 0) is 4.57 Å². The van der Waals surface area contributed by atoms with Crippen LogP contribution >= 0.6 is 8.03 Å². The zero-order valence-corrected chi connectivity index (χ0v) is 8.75. The summed E-state index contributed by atoms with van der Waals surface area (Å²) >= 11 is 0. The Morgan fingerprint density at radius 1 is 1.53 bits per heavy atom. The van der Waals surface area contributed by atoms with Gasteiger partial charge in [0.1, 0.15) is 5.52 Å². The van der Waals surface area contributed by atoms with Gasteiger partial charge >= 0.3 is 5.56 Å². The maximum atomic E-state index is 11.6. The molecule has 0 amide bonds. The van der Waals surface area contributed by atoms with Gasteiger partial charge in [-0.1, -0.05) is 0 Å². The summed E-state index contributed by atoms with van der Waals surface area (Å²) < 4.78 is 15.5. The lowest BCUT2D eigenvalue weighted by molar-refractivity contribution is 0.222. The van der Waals surface area contributed by atoms with Gasteiger partial charge in [0, 0.05) is 12.9 Å². The Morgan fingerprint density at radius 2 is 2.33 bits per heavy atom. The van der Waals surface area contributed by atoms with Crippen LogP contribution in [0.3, 0.4) is 0 Å². The Kier molecular flexibility index (Phi) is 2.47. The highest BCUT2D eigenvalue weighted by molar-refractivity contribution is 7.38. The van der Waals surface area contributed by atoms with Crippen molar-refractivity contribution in [2.45, 2.75) is 0 Å². The molecule has 1 atom stereocenters. The van der Waals surface area contributed by atoms with Crippen LogP contribution in [0.1, 0.15) is 0 Å². The van der Waals surface area contributed by atoms with Gasteiger partial charge in [-0.15, -0.1) is 5.10 Å². The summed E-state index contributed by atoms with van der Waals surface area (Å²) in [4.78, 5) is 16.1. The normalized spacial score (nSPS) is 12.6. The van der Waals surface area contributed by atoms with Crippen LogP contribution in [0.5, 0.6) is 0 Å². The predicted octanol–water partition coefficient (Wildman–Crippen LogP) is -0.280. The molecule has 15 heavy (non-hydrogen) atoms. The van der Waals surface area contributed by atoms with Crippen LogP contribution in [0.15, 0.2) is 23.1 Å². The van der Waals surface area contributed by atoms with Gasteiger partial charge in [-0.25, -0.2) is 4.98 Å². The summed E-state index contributed by atoms with van der Waals surface area (Å²) in [6.07, 6.45) is 1.46. The van der Waals surface area contributed by atoms with Crippen molar-refractivity contribution in [2.24, 2.45) is 0 Å². The van der Waals surface area contributed by atoms with E-state index in [-0.39, 0.29) is 5.52 Å². The summed E-state index contributed by atoms with van der Waals surface area (Å²) in [7, 11) is -2.29. The molecule has 0 aliphatic carbocycles. The fourth-order valence-electron chi connectivity index (χ4n) is 1.04. The number of hydrogen-bond acceptors (Lipinski definition) is 6. The molecule has 0 aliphatic rings. The minimum atomic E-state index is -2.29. The molecule has 7 nitrogen and oxygen atoms in total. The lowest BCUT2D eigenvalue weighted by atomic mass is 10.4. The smallest absolute Gasteiger partial charge is 0.332 e. The van der Waals surface area contributed by atoms with Crippen molar-refractivity contribution in [3.05, 3.63) is 28.7 Å². The summed E-state index contributed by atoms with van der Waals surface area (Å²) in [5.74, 6) is 0. The summed E-state index contributed by atoms with van der Waals surface area (Å²) in [6.45, 7) is 1.35. The average Bonchev–Trinajstić information content (AvgIpc) is 2.22. The van der Waals surface area contributed by atoms with Gasteiger partial charge in [0.05, 0.1) is 0 Å². The molecule has 2 rings (SSSR count). The van der Waals surface area contributed by atoms with E-state index < -0.39 is 13.6 Å². The number of rotatable bonds is 2. The van der Waals surface area contributed by atoms with Gasteiger partial charge in [0.15, 0.2) is 5.52 Å². The van der Waals surface area contributed by atoms with Crippen LogP contribution in [0.25, 0.3) is 11.0 Å². The molecular formula is C7H7N4O3P. The molecule has 0 spiro atoms. The van der Waals surface area contributed by atoms with Crippen LogP contribution in [0.2, 0.25) is 0 Å². The van der Waals surface area contributed by atoms with Gasteiger partial charge in [0.2, 0.25) is 0 Å². The molecule has 8 heteroatoms. The second-order valence-electron chi connectivity index (χ2n) is 2.72. The van der Waals surface area contributed by atoms with E-state index in [0.29, 0.717) is 10.4 Å². The first kappa shape index (κ1) is 9.79. The van der Waals surface area contributed by atoms with Gasteiger partial charge < -0.3 is 4.62 Å². The maximum absolute atomic E-state index is 11.6. The SMILES string of the molecule is C[PH](=O)On1nnc2cccnc2c1=O. The Balaban J connectivity index is 2.65. The molecule has 1 unspecified atom stereocenters. The third-order valence-electron chi connectivity index (χ3n) is 1.61. The monoisotopic (exact) mass is 226 g/mol. The second kappa shape index (κ2) is 3.78. The first-order valence-electron chi connectivity index (χ1n) is 4.08. The lowest BCUT2D eigenvalue weighted by Crippen LogP contribution is -2.27. The minimum absolute atomic E-state index is 0.135. The van der Waals surface area contributed by atoms with E-state index in [9.17, 15) is 9.36 Å². The maximum Gasteiger partial charge on any atom is 0.332 e. The second-order valence-corrected chi connectivity index (χ2v) is 3.89. The summed E-state index contributed by atoms with van der Waals surface area (Å²) in [5, 5.41) is 7.16. The Hall–Kier alpha value is -1.75. The zero-order valence-electron chi connectivity index (χ0n) is 7.75. The highest BCUT2D eigenvalue weighted by atomic mass is 31.1. The van der Waals surface area contributed by atoms with E-state index in [2.05, 4.69) is 19.9 Å². The van der Waals surface area contributed by atoms with Crippen LogP contribution in [-0.4, -0.2) is 26.8 Å². The summed E-state index contributed by atoms with van der Waals surface area (Å²) in [6, 6.07) is 3.25. The van der Waals surface area contributed by atoms with E-state index in [0.717, 1.165) is 0 Å². The van der Waals surface area contributed by atoms with Gasteiger partial charge in [-0.3, -0.25) is 9.36 Å². The molecule has 0 radical (unpaired) electrons. The third kappa shape index (κ3) is 1.87. The topological polar surface area (TPSA) is 87.0 Å². The van der Waals surface area contributed by atoms with E-state index in [4.69, 9.17) is 0 Å². The van der Waals surface area contributed by atoms with Crippen LogP contribution < -0.4 is 10.2 Å². The molecule has 78 valence electrons. The van der Waals surface area contributed by atoms with E-state index in [1.807, 2.05) is 0 Å². The lowest BCUT2D eigenvalue weighted by Gasteiger charge is -2.02. The Morgan fingerprint density at radius 3 is 3.07 bits per heavy atom. The van der Waals surface area contributed by atoms with Gasteiger partial charge in [-0.2, -0.15) is 0 Å². The molecule has 0 N–H and O–H groups in total. The Bertz CT molecular complexity index is 582. The van der Waals surface area contributed by atoms with Gasteiger partial charge in [-0.05, 0) is 22.2 Å². The number of pyridine rings is 1. The number of nitrogens with zero attached hydrogens (tertiary/aromatic N) is 4. The standard InChI is InChI=1S/C7H7N4O3P/c1-15(13)14-11-7(12)6-5(9-10-11)3-2-4-8-6/h2-4,15H,1H3. The van der Waals surface area contributed by atoms with E-state index >= 15 is 0 Å². The third-order valence-corrected chi connectivity index (χ3v) is 2.04. The first-order chi connectivity index (χ1) is 7.18. The molecule has 2 aromatic rings. The molecule has 0 aromatic carbocycles. The van der Waals surface area contributed by atoms with Gasteiger partial charge in [0.25, 0.3) is 8.03 Å². The van der Waals surface area contributed by atoms with Crippen molar-refractivity contribution in [1.29, 1.82) is 0 Å². The predicted molar refractivity (Wildman–Crippen MR) is 53.1 cm³/mol. The molecule has 0 saturated heterocycles. The number of fused-ring (bicyclic) bond motifs is 1. The molecule has 2 aromatic heterocycles. The van der Waals surface area contributed by atoms with Crippen molar-refractivity contribution < 1.29 is 9.19 Å².